The minimum absolute atomic E-state index is 0.294. The summed E-state index contributed by atoms with van der Waals surface area (Å²) in [5, 5.41) is 15.4. The highest BCUT2D eigenvalue weighted by molar-refractivity contribution is 7.27. The van der Waals surface area contributed by atoms with Gasteiger partial charge < -0.3 is 4.98 Å². The van der Waals surface area contributed by atoms with E-state index in [0.717, 1.165) is 54.0 Å². The first kappa shape index (κ1) is 46.2. The van der Waals surface area contributed by atoms with E-state index >= 15 is 0 Å². The fraction of sp³-hybridized carbons (Fsp3) is 0. The molecule has 8 heterocycles. The average Bonchev–Trinajstić information content (AvgIpc) is 4.55. The molecule has 10 aromatic carbocycles. The Kier molecular flexibility index (Phi) is 10.9. The van der Waals surface area contributed by atoms with Crippen molar-refractivity contribution < 1.29 is 0 Å². The molecule has 0 aliphatic rings. The lowest BCUT2D eigenvalue weighted by Crippen LogP contribution is -2.02. The number of nitrogens with zero attached hydrogens (tertiary/aromatic N) is 5. The van der Waals surface area contributed by atoms with Crippen LogP contribution in [0.3, 0.4) is 0 Å². The lowest BCUT2D eigenvalue weighted by molar-refractivity contribution is 1.02. The van der Waals surface area contributed by atoms with Gasteiger partial charge in [-0.1, -0.05) is 182 Å². The van der Waals surface area contributed by atoms with E-state index in [1.165, 1.54) is 93.1 Å². The summed E-state index contributed by atoms with van der Waals surface area (Å²) in [6, 6.07) is 81.0. The van der Waals surface area contributed by atoms with Crippen molar-refractivity contribution >= 4 is 182 Å². The van der Waals surface area contributed by atoms with E-state index < -0.39 is 0 Å². The number of hydrogen-bond acceptors (Lipinski definition) is 8. The van der Waals surface area contributed by atoms with Crippen LogP contribution >= 0.6 is 56.9 Å². The Morgan fingerprint density at radius 3 is 1.41 bits per heavy atom. The van der Waals surface area contributed by atoms with Gasteiger partial charge in [0.15, 0.2) is 0 Å². The molecule has 0 bridgehead atoms. The molecule has 0 saturated carbocycles. The summed E-state index contributed by atoms with van der Waals surface area (Å²) in [5.41, 5.74) is 8.73. The molecule has 0 spiro atoms. The molecule has 1 N–H and O–H groups in total. The standard InChI is InChI=1S/C34H19N3S2.C18H11NS.C16H9ClN2S/c1-2-10-20(11-3-1)31-30-24-14-6-9-17-28(24)39-33(30)36-34(35-31)37-25-15-7-4-13-23(25)29-26(37)19-18-22-21-12-5-8-16-27(21)38-32(22)29;1-3-7-14-13(6-1)17-15(19-14)10-9-12-11-5-2-4-8-16(11)20-18(12)17;17-16-18-14(10-6-2-1-3-7-10)13-11-8-4-5-9-12(11)20-15(13)19-16/h1-19H;1-10,19H;1-9H. The highest BCUT2D eigenvalue weighted by Gasteiger charge is 2.22. The largest absolute Gasteiger partial charge is 0.354 e. The van der Waals surface area contributed by atoms with Crippen LogP contribution in [0.5, 0.6) is 0 Å². The maximum atomic E-state index is 6.09. The van der Waals surface area contributed by atoms with Crippen LogP contribution in [0.25, 0.3) is 153 Å². The maximum Gasteiger partial charge on any atom is 0.236 e. The molecule has 0 aliphatic carbocycles. The van der Waals surface area contributed by atoms with E-state index in [1.54, 1.807) is 22.7 Å². The van der Waals surface area contributed by atoms with Crippen molar-refractivity contribution in [3.05, 3.63) is 236 Å². The molecule has 6 nitrogen and oxygen atoms in total. The van der Waals surface area contributed by atoms with Crippen molar-refractivity contribution in [2.24, 2.45) is 0 Å². The first-order valence-corrected chi connectivity index (χ1v) is 29.5. The highest BCUT2D eigenvalue weighted by Crippen LogP contribution is 2.46. The lowest BCUT2D eigenvalue weighted by atomic mass is 10.1. The van der Waals surface area contributed by atoms with Crippen LogP contribution in [0.15, 0.2) is 231 Å². The van der Waals surface area contributed by atoms with Crippen LogP contribution in [-0.4, -0.2) is 29.5 Å². The third-order valence-electron chi connectivity index (χ3n) is 14.9. The zero-order chi connectivity index (χ0) is 52.1. The molecular formula is C68H39ClN6S4. The quantitative estimate of drug-likeness (QED) is 0.179. The van der Waals surface area contributed by atoms with Crippen molar-refractivity contribution in [3.63, 3.8) is 0 Å². The first-order valence-electron chi connectivity index (χ1n) is 25.9. The summed E-state index contributed by atoms with van der Waals surface area (Å²) in [6.45, 7) is 0. The van der Waals surface area contributed by atoms with Gasteiger partial charge in [-0.25, -0.2) is 19.9 Å². The predicted molar refractivity (Wildman–Crippen MR) is 342 cm³/mol. The third-order valence-corrected chi connectivity index (χ3v) is 19.6. The van der Waals surface area contributed by atoms with Crippen molar-refractivity contribution in [1.29, 1.82) is 0 Å². The number of benzene rings is 10. The van der Waals surface area contributed by atoms with Gasteiger partial charge in [0.2, 0.25) is 11.2 Å². The van der Waals surface area contributed by atoms with E-state index in [2.05, 4.69) is 208 Å². The Labute approximate surface area is 471 Å². The van der Waals surface area contributed by atoms with Gasteiger partial charge in [-0.15, -0.1) is 45.3 Å². The molecular weight excluding hydrogens is 1060 g/mol. The Balaban J connectivity index is 0.000000109. The van der Waals surface area contributed by atoms with Gasteiger partial charge in [0.25, 0.3) is 0 Å². The molecule has 0 unspecified atom stereocenters. The van der Waals surface area contributed by atoms with Crippen LogP contribution in [0, 0.1) is 0 Å². The average molecular weight is 1100 g/mol. The normalized spacial score (nSPS) is 11.9. The van der Waals surface area contributed by atoms with Crippen molar-refractivity contribution in [2.75, 3.05) is 0 Å². The summed E-state index contributed by atoms with van der Waals surface area (Å²) in [7, 11) is 0. The molecule has 0 radical (unpaired) electrons. The van der Waals surface area contributed by atoms with E-state index in [-0.39, 0.29) is 0 Å². The molecule has 79 heavy (non-hydrogen) atoms. The summed E-state index contributed by atoms with van der Waals surface area (Å²) >= 11 is 13.2. The number of aromatic nitrogens is 6. The number of rotatable bonds is 3. The molecule has 11 heteroatoms. The summed E-state index contributed by atoms with van der Waals surface area (Å²) in [6.07, 6.45) is 0. The number of hydrogen-bond donors (Lipinski definition) is 1. The maximum absolute atomic E-state index is 6.09. The van der Waals surface area contributed by atoms with E-state index in [1.807, 2.05) is 65.1 Å². The predicted octanol–water partition coefficient (Wildman–Crippen LogP) is 20.8. The molecule has 0 amide bonds. The van der Waals surface area contributed by atoms with Gasteiger partial charge in [0.05, 0.1) is 22.4 Å². The second-order valence-corrected chi connectivity index (χ2v) is 23.9. The van der Waals surface area contributed by atoms with E-state index in [0.29, 0.717) is 11.2 Å². The second-order valence-electron chi connectivity index (χ2n) is 19.4. The van der Waals surface area contributed by atoms with Crippen LogP contribution in [0.2, 0.25) is 5.28 Å². The minimum atomic E-state index is 0.294. The van der Waals surface area contributed by atoms with Gasteiger partial charge in [0.1, 0.15) is 9.66 Å². The Morgan fingerprint density at radius 2 is 0.785 bits per heavy atom. The molecule has 372 valence electrons. The number of nitrogens with one attached hydrogen (secondary N) is 1. The zero-order valence-corrected chi connectivity index (χ0v) is 45.7. The number of fused-ring (bicyclic) bond motifs is 20. The Morgan fingerprint density at radius 1 is 0.316 bits per heavy atom. The van der Waals surface area contributed by atoms with Crippen LogP contribution < -0.4 is 0 Å². The van der Waals surface area contributed by atoms with E-state index in [4.69, 9.17) is 21.6 Å². The fourth-order valence-electron chi connectivity index (χ4n) is 11.5. The van der Waals surface area contributed by atoms with Gasteiger partial charge in [-0.2, -0.15) is 0 Å². The topological polar surface area (TPSA) is 72.3 Å². The minimum Gasteiger partial charge on any atom is -0.354 e. The number of thiophene rings is 4. The van der Waals surface area contributed by atoms with E-state index in [9.17, 15) is 0 Å². The second kappa shape index (κ2) is 18.7. The van der Waals surface area contributed by atoms with Crippen molar-refractivity contribution in [3.8, 4) is 28.5 Å². The Hall–Kier alpha value is -8.87. The van der Waals surface area contributed by atoms with Crippen molar-refractivity contribution in [1.82, 2.24) is 29.5 Å². The molecule has 0 atom stereocenters. The number of aromatic amines is 1. The molecule has 0 fully saturated rings. The summed E-state index contributed by atoms with van der Waals surface area (Å²) < 4.78 is 10.1. The highest BCUT2D eigenvalue weighted by atomic mass is 35.5. The van der Waals surface area contributed by atoms with Gasteiger partial charge in [-0.05, 0) is 60.1 Å². The molecule has 0 saturated heterocycles. The van der Waals surface area contributed by atoms with Gasteiger partial charge in [-0.3, -0.25) is 4.57 Å². The van der Waals surface area contributed by atoms with Crippen LogP contribution in [0.1, 0.15) is 0 Å². The molecule has 18 aromatic rings. The smallest absolute Gasteiger partial charge is 0.236 e. The Bertz CT molecular complexity index is 5420. The first-order chi connectivity index (χ1) is 39.1. The number of H-pyrrole nitrogens is 1. The fourth-order valence-corrected chi connectivity index (χ4v) is 16.4. The SMILES string of the molecule is Clc1nc(-c2ccccc2)c2c(n1)sc1ccccc12.c1ccc(-c2nc(-n3c4ccccc4c4c5sc6ccccc6c5ccc43)nc3sc4ccccc4c23)cc1.c1ccc2c(c1)[nH]c1ccc3c4ccccc4sc3c12. The summed E-state index contributed by atoms with van der Waals surface area (Å²) in [5.74, 6) is 0.708. The van der Waals surface area contributed by atoms with Crippen LogP contribution in [0.4, 0.5) is 0 Å². The molecule has 0 aliphatic heterocycles. The third kappa shape index (κ3) is 7.55. The number of para-hydroxylation sites is 2. The van der Waals surface area contributed by atoms with Gasteiger partial charge in [0, 0.05) is 115 Å². The monoisotopic (exact) mass is 1100 g/mol. The lowest BCUT2D eigenvalue weighted by Gasteiger charge is -2.10. The number of halogens is 1. The van der Waals surface area contributed by atoms with Crippen LogP contribution in [-0.2, 0) is 0 Å². The molecule has 8 aromatic heterocycles. The van der Waals surface area contributed by atoms with Crippen molar-refractivity contribution in [2.45, 2.75) is 0 Å². The van der Waals surface area contributed by atoms with Gasteiger partial charge >= 0.3 is 0 Å². The molecule has 18 rings (SSSR count). The summed E-state index contributed by atoms with van der Waals surface area (Å²) in [4.78, 5) is 24.9. The zero-order valence-electron chi connectivity index (χ0n) is 41.7.